The van der Waals surface area contributed by atoms with E-state index in [0.29, 0.717) is 6.61 Å². The lowest BCUT2D eigenvalue weighted by Gasteiger charge is -2.08. The van der Waals surface area contributed by atoms with Crippen LogP contribution in [0.1, 0.15) is 11.1 Å². The molecule has 0 aromatic heterocycles. The van der Waals surface area contributed by atoms with Crippen molar-refractivity contribution in [2.24, 2.45) is 0 Å². The molecule has 0 bridgehead atoms. The highest BCUT2D eigenvalue weighted by Gasteiger charge is 1.99. The summed E-state index contributed by atoms with van der Waals surface area (Å²) >= 11 is 0. The topological polar surface area (TPSA) is 9.23 Å². The Labute approximate surface area is 113 Å². The highest BCUT2D eigenvalue weighted by Crippen LogP contribution is 2.22. The molecule has 3 aromatic carbocycles. The molecule has 0 aliphatic heterocycles. The van der Waals surface area contributed by atoms with Crippen LogP contribution < -0.4 is 4.74 Å². The second-order valence-electron chi connectivity index (χ2n) is 4.79. The molecule has 0 spiro atoms. The van der Waals surface area contributed by atoms with Crippen LogP contribution in [-0.2, 0) is 6.61 Å². The van der Waals surface area contributed by atoms with Crippen LogP contribution in [0.2, 0.25) is 0 Å². The summed E-state index contributed by atoms with van der Waals surface area (Å²) in [5.41, 5.74) is 2.46. The molecule has 3 rings (SSSR count). The molecule has 0 atom stereocenters. The van der Waals surface area contributed by atoms with Crippen molar-refractivity contribution in [1.82, 2.24) is 0 Å². The molecule has 0 N–H and O–H groups in total. The number of benzene rings is 3. The predicted octanol–water partition coefficient (Wildman–Crippen LogP) is 4.73. The van der Waals surface area contributed by atoms with Crippen LogP contribution in [0.25, 0.3) is 10.8 Å². The van der Waals surface area contributed by atoms with E-state index in [1.807, 2.05) is 24.3 Å². The van der Waals surface area contributed by atoms with Crippen LogP contribution in [0, 0.1) is 6.92 Å². The van der Waals surface area contributed by atoms with Gasteiger partial charge in [0.05, 0.1) is 0 Å². The van der Waals surface area contributed by atoms with E-state index in [-0.39, 0.29) is 0 Å². The van der Waals surface area contributed by atoms with Crippen molar-refractivity contribution >= 4 is 10.8 Å². The third-order valence-corrected chi connectivity index (χ3v) is 3.22. The molecule has 0 saturated carbocycles. The second-order valence-corrected chi connectivity index (χ2v) is 4.79. The first kappa shape index (κ1) is 11.8. The maximum atomic E-state index is 5.84. The Kier molecular flexibility index (Phi) is 3.20. The second kappa shape index (κ2) is 5.15. The zero-order valence-electron chi connectivity index (χ0n) is 11.0. The molecule has 0 fully saturated rings. The van der Waals surface area contributed by atoms with E-state index in [1.165, 1.54) is 21.9 Å². The zero-order chi connectivity index (χ0) is 13.1. The van der Waals surface area contributed by atoms with E-state index < -0.39 is 0 Å². The lowest BCUT2D eigenvalue weighted by molar-refractivity contribution is 0.306. The highest BCUT2D eigenvalue weighted by molar-refractivity contribution is 5.84. The Balaban J connectivity index is 1.81. The van der Waals surface area contributed by atoms with Gasteiger partial charge in [-0.15, -0.1) is 0 Å². The molecule has 3 aromatic rings. The molecule has 19 heavy (non-hydrogen) atoms. The first-order valence-electron chi connectivity index (χ1n) is 6.48. The van der Waals surface area contributed by atoms with Gasteiger partial charge >= 0.3 is 0 Å². The summed E-state index contributed by atoms with van der Waals surface area (Å²) < 4.78 is 5.84. The maximum Gasteiger partial charge on any atom is 0.120 e. The molecule has 0 aliphatic rings. The van der Waals surface area contributed by atoms with Gasteiger partial charge in [0.1, 0.15) is 12.4 Å². The first-order chi connectivity index (χ1) is 9.31. The summed E-state index contributed by atoms with van der Waals surface area (Å²) in [6, 6.07) is 22.9. The fourth-order valence-corrected chi connectivity index (χ4v) is 2.17. The predicted molar refractivity (Wildman–Crippen MR) is 79.5 cm³/mol. The minimum absolute atomic E-state index is 0.609. The fourth-order valence-electron chi connectivity index (χ4n) is 2.17. The van der Waals surface area contributed by atoms with Gasteiger partial charge in [-0.2, -0.15) is 0 Å². The van der Waals surface area contributed by atoms with Crippen molar-refractivity contribution < 1.29 is 4.74 Å². The summed E-state index contributed by atoms with van der Waals surface area (Å²) in [4.78, 5) is 0. The molecule has 0 amide bonds. The van der Waals surface area contributed by atoms with Gasteiger partial charge in [-0.3, -0.25) is 0 Å². The van der Waals surface area contributed by atoms with Crippen LogP contribution in [0.5, 0.6) is 5.75 Å². The molecule has 0 radical (unpaired) electrons. The average molecular weight is 248 g/mol. The summed E-state index contributed by atoms with van der Waals surface area (Å²) in [5.74, 6) is 0.918. The number of ether oxygens (including phenoxy) is 1. The Morgan fingerprint density at radius 1 is 0.789 bits per heavy atom. The highest BCUT2D eigenvalue weighted by atomic mass is 16.5. The minimum Gasteiger partial charge on any atom is -0.489 e. The Morgan fingerprint density at radius 3 is 2.42 bits per heavy atom. The standard InChI is InChI=1S/C18H16O/c1-14-7-8-16-9-10-18(12-17(16)11-14)19-13-15-5-3-2-4-6-15/h2-12H,13H2,1H3. The molecular formula is C18H16O. The Morgan fingerprint density at radius 2 is 1.58 bits per heavy atom. The Bertz CT molecular complexity index is 686. The number of fused-ring (bicyclic) bond motifs is 1. The van der Waals surface area contributed by atoms with Crippen LogP contribution in [0.15, 0.2) is 66.7 Å². The van der Waals surface area contributed by atoms with Crippen molar-refractivity contribution in [3.8, 4) is 5.75 Å². The van der Waals surface area contributed by atoms with Crippen molar-refractivity contribution in [2.75, 3.05) is 0 Å². The monoisotopic (exact) mass is 248 g/mol. The van der Waals surface area contributed by atoms with Gasteiger partial charge in [-0.05, 0) is 35.4 Å². The molecule has 1 nitrogen and oxygen atoms in total. The smallest absolute Gasteiger partial charge is 0.120 e. The van der Waals surface area contributed by atoms with E-state index in [2.05, 4.69) is 49.4 Å². The number of hydrogen-bond donors (Lipinski definition) is 0. The van der Waals surface area contributed by atoms with Gasteiger partial charge < -0.3 is 4.74 Å². The minimum atomic E-state index is 0.609. The van der Waals surface area contributed by atoms with Gasteiger partial charge in [0.15, 0.2) is 0 Å². The molecular weight excluding hydrogens is 232 g/mol. The third-order valence-electron chi connectivity index (χ3n) is 3.22. The van der Waals surface area contributed by atoms with Crippen molar-refractivity contribution in [3.63, 3.8) is 0 Å². The van der Waals surface area contributed by atoms with Gasteiger partial charge in [0, 0.05) is 0 Å². The summed E-state index contributed by atoms with van der Waals surface area (Å²) in [7, 11) is 0. The largest absolute Gasteiger partial charge is 0.489 e. The third kappa shape index (κ3) is 2.76. The molecule has 0 aliphatic carbocycles. The summed E-state index contributed by atoms with van der Waals surface area (Å²) in [5, 5.41) is 2.48. The van der Waals surface area contributed by atoms with Crippen LogP contribution >= 0.6 is 0 Å². The lowest BCUT2D eigenvalue weighted by Crippen LogP contribution is -1.94. The fraction of sp³-hybridized carbons (Fsp3) is 0.111. The zero-order valence-corrected chi connectivity index (χ0v) is 11.0. The van der Waals surface area contributed by atoms with Gasteiger partial charge in [0.2, 0.25) is 0 Å². The van der Waals surface area contributed by atoms with Crippen molar-refractivity contribution in [1.29, 1.82) is 0 Å². The SMILES string of the molecule is Cc1ccc2ccc(OCc3ccccc3)cc2c1. The maximum absolute atomic E-state index is 5.84. The normalized spacial score (nSPS) is 10.6. The van der Waals surface area contributed by atoms with Crippen LogP contribution in [0.3, 0.4) is 0 Å². The first-order valence-corrected chi connectivity index (χ1v) is 6.48. The molecule has 94 valence electrons. The average Bonchev–Trinajstić information content (AvgIpc) is 2.46. The van der Waals surface area contributed by atoms with E-state index in [9.17, 15) is 0 Å². The molecule has 0 unspecified atom stereocenters. The molecule has 0 saturated heterocycles. The lowest BCUT2D eigenvalue weighted by atomic mass is 10.1. The van der Waals surface area contributed by atoms with Gasteiger partial charge in [-0.25, -0.2) is 0 Å². The summed E-state index contributed by atoms with van der Waals surface area (Å²) in [6.07, 6.45) is 0. The number of rotatable bonds is 3. The van der Waals surface area contributed by atoms with Crippen molar-refractivity contribution in [2.45, 2.75) is 13.5 Å². The van der Waals surface area contributed by atoms with Crippen LogP contribution in [0.4, 0.5) is 0 Å². The van der Waals surface area contributed by atoms with Crippen molar-refractivity contribution in [3.05, 3.63) is 77.9 Å². The van der Waals surface area contributed by atoms with Gasteiger partial charge in [-0.1, -0.05) is 60.2 Å². The summed E-state index contributed by atoms with van der Waals surface area (Å²) in [6.45, 7) is 2.72. The van der Waals surface area contributed by atoms with E-state index >= 15 is 0 Å². The quantitative estimate of drug-likeness (QED) is 0.651. The number of aryl methyl sites for hydroxylation is 1. The van der Waals surface area contributed by atoms with E-state index in [1.54, 1.807) is 0 Å². The number of hydrogen-bond acceptors (Lipinski definition) is 1. The molecule has 0 heterocycles. The Hall–Kier alpha value is -2.28. The van der Waals surface area contributed by atoms with Gasteiger partial charge in [0.25, 0.3) is 0 Å². The van der Waals surface area contributed by atoms with E-state index in [0.717, 1.165) is 5.75 Å². The molecule has 1 heteroatoms. The van der Waals surface area contributed by atoms with E-state index in [4.69, 9.17) is 4.74 Å². The van der Waals surface area contributed by atoms with Crippen LogP contribution in [-0.4, -0.2) is 0 Å².